The molecule has 0 saturated carbocycles. The summed E-state index contributed by atoms with van der Waals surface area (Å²) in [4.78, 5) is 11.6. The Labute approximate surface area is 106 Å². The summed E-state index contributed by atoms with van der Waals surface area (Å²) >= 11 is 0. The molecule has 0 radical (unpaired) electrons. The molecule has 1 heterocycles. The van der Waals surface area contributed by atoms with E-state index in [2.05, 4.69) is 15.4 Å². The predicted molar refractivity (Wildman–Crippen MR) is 67.3 cm³/mol. The van der Waals surface area contributed by atoms with E-state index >= 15 is 0 Å². The summed E-state index contributed by atoms with van der Waals surface area (Å²) in [5, 5.41) is 6.54. The number of ether oxygens (including phenoxy) is 1. The number of benzene rings is 1. The smallest absolute Gasteiger partial charge is 0.340 e. The molecule has 1 atom stereocenters. The molecule has 4 nitrogen and oxygen atoms in total. The molecule has 0 aliphatic carbocycles. The molecule has 18 heavy (non-hydrogen) atoms. The Morgan fingerprint density at radius 1 is 1.56 bits per heavy atom. The van der Waals surface area contributed by atoms with Crippen LogP contribution in [-0.4, -0.2) is 32.2 Å². The van der Waals surface area contributed by atoms with Crippen LogP contribution in [0, 0.1) is 5.82 Å². The van der Waals surface area contributed by atoms with Crippen LogP contribution in [0.3, 0.4) is 0 Å². The highest BCUT2D eigenvalue weighted by molar-refractivity contribution is 5.95. The van der Waals surface area contributed by atoms with Crippen molar-refractivity contribution in [2.45, 2.75) is 18.9 Å². The molecule has 1 aliphatic heterocycles. The molecule has 1 aromatic rings. The van der Waals surface area contributed by atoms with E-state index in [4.69, 9.17) is 0 Å². The molecule has 1 aliphatic rings. The van der Waals surface area contributed by atoms with Gasteiger partial charge in [-0.2, -0.15) is 0 Å². The number of carbonyl (C=O) groups is 1. The van der Waals surface area contributed by atoms with Crippen molar-refractivity contribution in [2.75, 3.05) is 25.5 Å². The SMILES string of the molecule is COC(=O)c1cc(F)ccc1NC1CCCNC1. The van der Waals surface area contributed by atoms with Crippen LogP contribution < -0.4 is 10.6 Å². The maximum atomic E-state index is 13.2. The van der Waals surface area contributed by atoms with Crippen LogP contribution in [0.1, 0.15) is 23.2 Å². The van der Waals surface area contributed by atoms with E-state index in [1.807, 2.05) is 0 Å². The van der Waals surface area contributed by atoms with E-state index in [1.165, 1.54) is 19.2 Å². The van der Waals surface area contributed by atoms with Gasteiger partial charge in [0.25, 0.3) is 0 Å². The molecule has 1 unspecified atom stereocenters. The van der Waals surface area contributed by atoms with E-state index in [0.29, 0.717) is 5.69 Å². The first-order chi connectivity index (χ1) is 8.70. The monoisotopic (exact) mass is 252 g/mol. The second-order valence-corrected chi connectivity index (χ2v) is 4.37. The number of hydrogen-bond acceptors (Lipinski definition) is 4. The fourth-order valence-corrected chi connectivity index (χ4v) is 2.12. The molecule has 1 aromatic carbocycles. The first kappa shape index (κ1) is 12.8. The average Bonchev–Trinajstić information content (AvgIpc) is 2.41. The van der Waals surface area contributed by atoms with Crippen LogP contribution in [0.25, 0.3) is 0 Å². The third-order valence-corrected chi connectivity index (χ3v) is 3.04. The quantitative estimate of drug-likeness (QED) is 0.805. The largest absolute Gasteiger partial charge is 0.465 e. The topological polar surface area (TPSA) is 50.4 Å². The maximum absolute atomic E-state index is 13.2. The molecule has 0 amide bonds. The zero-order chi connectivity index (χ0) is 13.0. The van der Waals surface area contributed by atoms with Crippen molar-refractivity contribution in [1.82, 2.24) is 5.32 Å². The molecule has 1 fully saturated rings. The van der Waals surface area contributed by atoms with Gasteiger partial charge in [-0.05, 0) is 37.6 Å². The predicted octanol–water partition coefficient (Wildman–Crippen LogP) is 1.78. The lowest BCUT2D eigenvalue weighted by atomic mass is 10.1. The summed E-state index contributed by atoms with van der Waals surface area (Å²) in [5.74, 6) is -0.969. The second kappa shape index (κ2) is 5.82. The summed E-state index contributed by atoms with van der Waals surface area (Å²) < 4.78 is 17.8. The van der Waals surface area contributed by atoms with Gasteiger partial charge in [0.1, 0.15) is 5.82 Å². The van der Waals surface area contributed by atoms with Crippen molar-refractivity contribution in [3.05, 3.63) is 29.6 Å². The number of esters is 1. The molecule has 0 aromatic heterocycles. The third kappa shape index (κ3) is 2.98. The Bertz CT molecular complexity index is 431. The van der Waals surface area contributed by atoms with Crippen molar-refractivity contribution >= 4 is 11.7 Å². The minimum absolute atomic E-state index is 0.239. The van der Waals surface area contributed by atoms with Gasteiger partial charge < -0.3 is 15.4 Å². The molecular weight excluding hydrogens is 235 g/mol. The molecule has 2 N–H and O–H groups in total. The van der Waals surface area contributed by atoms with E-state index in [0.717, 1.165) is 25.9 Å². The molecule has 5 heteroatoms. The average molecular weight is 252 g/mol. The highest BCUT2D eigenvalue weighted by Gasteiger charge is 2.17. The van der Waals surface area contributed by atoms with Gasteiger partial charge in [0.05, 0.1) is 12.7 Å². The number of carbonyl (C=O) groups excluding carboxylic acids is 1. The fraction of sp³-hybridized carbons (Fsp3) is 0.462. The molecule has 0 spiro atoms. The normalized spacial score (nSPS) is 19.3. The lowest BCUT2D eigenvalue weighted by Gasteiger charge is -2.25. The number of hydrogen-bond donors (Lipinski definition) is 2. The first-order valence-corrected chi connectivity index (χ1v) is 6.06. The molecule has 98 valence electrons. The summed E-state index contributed by atoms with van der Waals surface area (Å²) in [6.45, 7) is 1.86. The Balaban J connectivity index is 2.17. The van der Waals surface area contributed by atoms with Gasteiger partial charge >= 0.3 is 5.97 Å². The number of rotatable bonds is 3. The minimum Gasteiger partial charge on any atom is -0.465 e. The van der Waals surface area contributed by atoms with E-state index < -0.39 is 11.8 Å². The Morgan fingerprint density at radius 3 is 3.06 bits per heavy atom. The molecular formula is C13H17FN2O2. The molecule has 2 rings (SSSR count). The number of halogens is 1. The van der Waals surface area contributed by atoms with Crippen LogP contribution in [0.15, 0.2) is 18.2 Å². The standard InChI is InChI=1S/C13H17FN2O2/c1-18-13(17)11-7-9(14)4-5-12(11)16-10-3-2-6-15-8-10/h4-5,7,10,15-16H,2-3,6,8H2,1H3. The van der Waals surface area contributed by atoms with Crippen LogP contribution in [0.5, 0.6) is 0 Å². The van der Waals surface area contributed by atoms with Crippen molar-refractivity contribution in [1.29, 1.82) is 0 Å². The molecule has 0 bridgehead atoms. The summed E-state index contributed by atoms with van der Waals surface area (Å²) in [7, 11) is 1.29. The number of anilines is 1. The van der Waals surface area contributed by atoms with Crippen LogP contribution in [0.4, 0.5) is 10.1 Å². The maximum Gasteiger partial charge on any atom is 0.340 e. The van der Waals surface area contributed by atoms with Crippen molar-refractivity contribution in [3.63, 3.8) is 0 Å². The van der Waals surface area contributed by atoms with Crippen LogP contribution in [-0.2, 0) is 4.74 Å². The van der Waals surface area contributed by atoms with E-state index in [-0.39, 0.29) is 11.6 Å². The van der Waals surface area contributed by atoms with Gasteiger partial charge in [-0.25, -0.2) is 9.18 Å². The van der Waals surface area contributed by atoms with E-state index in [1.54, 1.807) is 6.07 Å². The summed E-state index contributed by atoms with van der Waals surface area (Å²) in [6.07, 6.45) is 2.12. The van der Waals surface area contributed by atoms with Crippen LogP contribution >= 0.6 is 0 Å². The van der Waals surface area contributed by atoms with Gasteiger partial charge in [0.2, 0.25) is 0 Å². The van der Waals surface area contributed by atoms with Gasteiger partial charge in [0.15, 0.2) is 0 Å². The van der Waals surface area contributed by atoms with Gasteiger partial charge in [-0.15, -0.1) is 0 Å². The van der Waals surface area contributed by atoms with Crippen molar-refractivity contribution in [2.24, 2.45) is 0 Å². The van der Waals surface area contributed by atoms with Gasteiger partial charge in [-0.1, -0.05) is 0 Å². The zero-order valence-electron chi connectivity index (χ0n) is 10.3. The van der Waals surface area contributed by atoms with Gasteiger partial charge in [-0.3, -0.25) is 0 Å². The Hall–Kier alpha value is -1.62. The highest BCUT2D eigenvalue weighted by Crippen LogP contribution is 2.20. The van der Waals surface area contributed by atoms with Gasteiger partial charge in [0, 0.05) is 18.3 Å². The number of piperidine rings is 1. The lowest BCUT2D eigenvalue weighted by molar-refractivity contribution is 0.0601. The Kier molecular flexibility index (Phi) is 4.15. The van der Waals surface area contributed by atoms with E-state index in [9.17, 15) is 9.18 Å². The highest BCUT2D eigenvalue weighted by atomic mass is 19.1. The number of methoxy groups -OCH3 is 1. The van der Waals surface area contributed by atoms with Crippen LogP contribution in [0.2, 0.25) is 0 Å². The van der Waals surface area contributed by atoms with Crippen molar-refractivity contribution < 1.29 is 13.9 Å². The first-order valence-electron chi connectivity index (χ1n) is 6.06. The number of nitrogens with one attached hydrogen (secondary N) is 2. The zero-order valence-corrected chi connectivity index (χ0v) is 10.3. The third-order valence-electron chi connectivity index (χ3n) is 3.04. The summed E-state index contributed by atoms with van der Waals surface area (Å²) in [5.41, 5.74) is 0.861. The fourth-order valence-electron chi connectivity index (χ4n) is 2.12. The minimum atomic E-state index is -0.527. The van der Waals surface area contributed by atoms with Crippen molar-refractivity contribution in [3.8, 4) is 0 Å². The molecule has 1 saturated heterocycles. The lowest BCUT2D eigenvalue weighted by Crippen LogP contribution is -2.38. The summed E-state index contributed by atoms with van der Waals surface area (Å²) in [6, 6.07) is 4.37. The Morgan fingerprint density at radius 2 is 2.39 bits per heavy atom. The second-order valence-electron chi connectivity index (χ2n) is 4.37.